The SMILES string of the molecule is CCOc1cc(C(=O)OC)cc(Cl)c1OCc1ccccc1. The number of carbonyl (C=O) groups is 1. The lowest BCUT2D eigenvalue weighted by atomic mass is 10.2. The van der Waals surface area contributed by atoms with E-state index in [4.69, 9.17) is 25.8 Å². The molecule has 4 nitrogen and oxygen atoms in total. The zero-order valence-corrected chi connectivity index (χ0v) is 13.2. The van der Waals surface area contributed by atoms with Crippen molar-refractivity contribution in [1.82, 2.24) is 0 Å². The van der Waals surface area contributed by atoms with Gasteiger partial charge in [-0.3, -0.25) is 0 Å². The van der Waals surface area contributed by atoms with Gasteiger partial charge >= 0.3 is 5.97 Å². The third-order valence-electron chi connectivity index (χ3n) is 2.96. The van der Waals surface area contributed by atoms with Crippen molar-refractivity contribution in [3.05, 3.63) is 58.6 Å². The molecule has 0 spiro atoms. The number of hydrogen-bond acceptors (Lipinski definition) is 4. The molecule has 0 amide bonds. The fourth-order valence-corrected chi connectivity index (χ4v) is 2.20. The first-order valence-electron chi connectivity index (χ1n) is 6.87. The van der Waals surface area contributed by atoms with Gasteiger partial charge in [-0.15, -0.1) is 0 Å². The van der Waals surface area contributed by atoms with Crippen molar-refractivity contribution in [2.45, 2.75) is 13.5 Å². The van der Waals surface area contributed by atoms with Crippen LogP contribution in [0.25, 0.3) is 0 Å². The van der Waals surface area contributed by atoms with E-state index in [1.807, 2.05) is 37.3 Å². The van der Waals surface area contributed by atoms with Crippen molar-refractivity contribution in [3.8, 4) is 11.5 Å². The van der Waals surface area contributed by atoms with Crippen molar-refractivity contribution in [2.24, 2.45) is 0 Å². The minimum atomic E-state index is -0.475. The van der Waals surface area contributed by atoms with Crippen molar-refractivity contribution >= 4 is 17.6 Å². The molecule has 0 atom stereocenters. The van der Waals surface area contributed by atoms with E-state index in [1.54, 1.807) is 6.07 Å². The van der Waals surface area contributed by atoms with Crippen molar-refractivity contribution in [2.75, 3.05) is 13.7 Å². The minimum Gasteiger partial charge on any atom is -0.490 e. The monoisotopic (exact) mass is 320 g/mol. The van der Waals surface area contributed by atoms with Crippen LogP contribution in [0.2, 0.25) is 5.02 Å². The van der Waals surface area contributed by atoms with Crippen LogP contribution in [-0.4, -0.2) is 19.7 Å². The van der Waals surface area contributed by atoms with E-state index in [9.17, 15) is 4.79 Å². The molecule has 5 heteroatoms. The first-order chi connectivity index (χ1) is 10.7. The normalized spacial score (nSPS) is 10.1. The van der Waals surface area contributed by atoms with Crippen molar-refractivity contribution in [3.63, 3.8) is 0 Å². The summed E-state index contributed by atoms with van der Waals surface area (Å²) in [5, 5.41) is 0.308. The van der Waals surface area contributed by atoms with Gasteiger partial charge in [-0.05, 0) is 24.6 Å². The number of hydrogen-bond donors (Lipinski definition) is 0. The van der Waals surface area contributed by atoms with Crippen LogP contribution in [0, 0.1) is 0 Å². The molecule has 0 N–H and O–H groups in total. The smallest absolute Gasteiger partial charge is 0.338 e. The molecule has 0 aromatic heterocycles. The van der Waals surface area contributed by atoms with E-state index in [-0.39, 0.29) is 0 Å². The number of halogens is 1. The number of ether oxygens (including phenoxy) is 3. The zero-order chi connectivity index (χ0) is 15.9. The fourth-order valence-electron chi connectivity index (χ4n) is 1.94. The highest BCUT2D eigenvalue weighted by Gasteiger charge is 2.16. The third kappa shape index (κ3) is 3.92. The first kappa shape index (κ1) is 16.2. The molecule has 0 radical (unpaired) electrons. The molecule has 0 heterocycles. The Morgan fingerprint density at radius 1 is 1.14 bits per heavy atom. The van der Waals surface area contributed by atoms with Crippen LogP contribution in [0.3, 0.4) is 0 Å². The summed E-state index contributed by atoms with van der Waals surface area (Å²) < 4.78 is 16.0. The van der Waals surface area contributed by atoms with E-state index in [1.165, 1.54) is 13.2 Å². The first-order valence-corrected chi connectivity index (χ1v) is 7.25. The molecule has 22 heavy (non-hydrogen) atoms. The summed E-state index contributed by atoms with van der Waals surface area (Å²) in [7, 11) is 1.32. The molecule has 2 rings (SSSR count). The molecule has 0 aliphatic carbocycles. The second-order valence-corrected chi connectivity index (χ2v) is 4.89. The Morgan fingerprint density at radius 2 is 1.86 bits per heavy atom. The van der Waals surface area contributed by atoms with Gasteiger partial charge in [0.2, 0.25) is 0 Å². The lowest BCUT2D eigenvalue weighted by molar-refractivity contribution is 0.0600. The van der Waals surface area contributed by atoms with Crippen LogP contribution < -0.4 is 9.47 Å². The Hall–Kier alpha value is -2.20. The second kappa shape index (κ2) is 7.71. The predicted molar refractivity (Wildman–Crippen MR) is 84.7 cm³/mol. The Morgan fingerprint density at radius 3 is 2.50 bits per heavy atom. The fraction of sp³-hybridized carbons (Fsp3) is 0.235. The van der Waals surface area contributed by atoms with Gasteiger partial charge in [-0.2, -0.15) is 0 Å². The summed E-state index contributed by atoms with van der Waals surface area (Å²) in [6, 6.07) is 12.8. The van der Waals surface area contributed by atoms with Gasteiger partial charge < -0.3 is 14.2 Å². The number of benzene rings is 2. The summed E-state index contributed by atoms with van der Waals surface area (Å²) >= 11 is 6.22. The Labute approximate surface area is 134 Å². The summed E-state index contributed by atoms with van der Waals surface area (Å²) in [6.45, 7) is 2.64. The van der Waals surface area contributed by atoms with Crippen LogP contribution in [0.1, 0.15) is 22.8 Å². The molecule has 0 aliphatic heterocycles. The molecular weight excluding hydrogens is 304 g/mol. The molecule has 116 valence electrons. The predicted octanol–water partition coefficient (Wildman–Crippen LogP) is 4.10. The molecule has 2 aromatic carbocycles. The number of carbonyl (C=O) groups excluding carboxylic acids is 1. The average molecular weight is 321 g/mol. The maximum absolute atomic E-state index is 11.6. The summed E-state index contributed by atoms with van der Waals surface area (Å²) in [6.07, 6.45) is 0. The molecule has 0 saturated carbocycles. The largest absolute Gasteiger partial charge is 0.490 e. The maximum Gasteiger partial charge on any atom is 0.338 e. The lowest BCUT2D eigenvalue weighted by Crippen LogP contribution is -2.05. The van der Waals surface area contributed by atoms with Gasteiger partial charge in [0.05, 0.1) is 24.3 Å². The van der Waals surface area contributed by atoms with Gasteiger partial charge in [0, 0.05) is 0 Å². The molecule has 0 bridgehead atoms. The van der Waals surface area contributed by atoms with Crippen LogP contribution in [0.4, 0.5) is 0 Å². The highest BCUT2D eigenvalue weighted by Crippen LogP contribution is 2.37. The highest BCUT2D eigenvalue weighted by molar-refractivity contribution is 6.32. The van der Waals surface area contributed by atoms with Gasteiger partial charge in [0.25, 0.3) is 0 Å². The molecule has 2 aromatic rings. The maximum atomic E-state index is 11.6. The third-order valence-corrected chi connectivity index (χ3v) is 3.24. The van der Waals surface area contributed by atoms with E-state index in [2.05, 4.69) is 0 Å². The summed E-state index contributed by atoms with van der Waals surface area (Å²) in [5.41, 5.74) is 1.33. The number of esters is 1. The summed E-state index contributed by atoms with van der Waals surface area (Å²) in [5.74, 6) is 0.365. The topological polar surface area (TPSA) is 44.8 Å². The molecule has 0 saturated heterocycles. The van der Waals surface area contributed by atoms with Crippen LogP contribution in [0.5, 0.6) is 11.5 Å². The van der Waals surface area contributed by atoms with Crippen LogP contribution in [-0.2, 0) is 11.3 Å². The molecule has 0 unspecified atom stereocenters. The van der Waals surface area contributed by atoms with Crippen LogP contribution in [0.15, 0.2) is 42.5 Å². The lowest BCUT2D eigenvalue weighted by Gasteiger charge is -2.14. The second-order valence-electron chi connectivity index (χ2n) is 4.48. The van der Waals surface area contributed by atoms with Gasteiger partial charge in [-0.25, -0.2) is 4.79 Å². The average Bonchev–Trinajstić information content (AvgIpc) is 2.54. The molecular formula is C17H17ClO4. The van der Waals surface area contributed by atoms with E-state index >= 15 is 0 Å². The van der Waals surface area contributed by atoms with Crippen molar-refractivity contribution in [1.29, 1.82) is 0 Å². The Balaban J connectivity index is 2.27. The molecule has 0 fully saturated rings. The quantitative estimate of drug-likeness (QED) is 0.752. The van der Waals surface area contributed by atoms with Gasteiger partial charge in [-0.1, -0.05) is 41.9 Å². The highest BCUT2D eigenvalue weighted by atomic mass is 35.5. The van der Waals surface area contributed by atoms with E-state index in [0.717, 1.165) is 5.56 Å². The van der Waals surface area contributed by atoms with E-state index in [0.29, 0.717) is 35.3 Å². The number of rotatable bonds is 6. The van der Waals surface area contributed by atoms with Crippen LogP contribution >= 0.6 is 11.6 Å². The molecule has 0 aliphatic rings. The Bertz CT molecular complexity index is 641. The number of methoxy groups -OCH3 is 1. The van der Waals surface area contributed by atoms with Gasteiger partial charge in [0.15, 0.2) is 11.5 Å². The summed E-state index contributed by atoms with van der Waals surface area (Å²) in [4.78, 5) is 11.6. The standard InChI is InChI=1S/C17H17ClO4/c1-3-21-15-10-13(17(19)20-2)9-14(18)16(15)22-11-12-7-5-4-6-8-12/h4-10H,3,11H2,1-2H3. The van der Waals surface area contributed by atoms with Crippen molar-refractivity contribution < 1.29 is 19.0 Å². The van der Waals surface area contributed by atoms with Gasteiger partial charge in [0.1, 0.15) is 6.61 Å². The van der Waals surface area contributed by atoms with E-state index < -0.39 is 5.97 Å². The zero-order valence-electron chi connectivity index (χ0n) is 12.5. The minimum absolute atomic E-state index is 0.308. The Kier molecular flexibility index (Phi) is 5.67.